The summed E-state index contributed by atoms with van der Waals surface area (Å²) in [5.74, 6) is 6.93. The number of anilines is 4. The summed E-state index contributed by atoms with van der Waals surface area (Å²) >= 11 is 0. The minimum atomic E-state index is 0.357. The van der Waals surface area contributed by atoms with E-state index in [1.807, 2.05) is 24.3 Å². The molecule has 0 radical (unpaired) electrons. The van der Waals surface area contributed by atoms with Gasteiger partial charge >= 0.3 is 0 Å². The van der Waals surface area contributed by atoms with Crippen LogP contribution >= 0.6 is 0 Å². The fourth-order valence-electron chi connectivity index (χ4n) is 1.42. The number of ether oxygens (including phenoxy) is 1. The third-order valence-electron chi connectivity index (χ3n) is 2.37. The zero-order valence-electron chi connectivity index (χ0n) is 9.84. The van der Waals surface area contributed by atoms with Gasteiger partial charge < -0.3 is 21.2 Å². The lowest BCUT2D eigenvalue weighted by Crippen LogP contribution is -2.12. The van der Waals surface area contributed by atoms with Crippen LogP contribution < -0.4 is 27.1 Å². The topological polar surface area (TPSA) is 111 Å². The number of rotatable bonds is 4. The fraction of sp³-hybridized carbons (Fsp3) is 0.0909. The molecule has 94 valence electrons. The summed E-state index contributed by atoms with van der Waals surface area (Å²) in [6.07, 6.45) is 1.37. The number of hydrogen-bond acceptors (Lipinski definition) is 7. The summed E-state index contributed by atoms with van der Waals surface area (Å²) in [5.41, 5.74) is 9.44. The zero-order chi connectivity index (χ0) is 13.0. The van der Waals surface area contributed by atoms with E-state index in [2.05, 4.69) is 20.7 Å². The van der Waals surface area contributed by atoms with Gasteiger partial charge in [-0.3, -0.25) is 0 Å². The van der Waals surface area contributed by atoms with Crippen molar-refractivity contribution in [2.75, 3.05) is 23.6 Å². The molecule has 0 bridgehead atoms. The summed E-state index contributed by atoms with van der Waals surface area (Å²) in [4.78, 5) is 7.94. The molecule has 0 aliphatic heterocycles. The maximum atomic E-state index is 5.84. The van der Waals surface area contributed by atoms with E-state index in [1.54, 1.807) is 7.11 Å². The fourth-order valence-corrected chi connectivity index (χ4v) is 1.42. The number of nitrogens with two attached hydrogens (primary N) is 2. The van der Waals surface area contributed by atoms with Gasteiger partial charge in [-0.05, 0) is 24.3 Å². The van der Waals surface area contributed by atoms with E-state index in [0.717, 1.165) is 11.4 Å². The molecular formula is C11H14N6O. The molecule has 0 fully saturated rings. The monoisotopic (exact) mass is 246 g/mol. The predicted octanol–water partition coefficient (Wildman–Crippen LogP) is 1.10. The second-order valence-corrected chi connectivity index (χ2v) is 3.48. The average Bonchev–Trinajstić information content (AvgIpc) is 2.42. The molecule has 1 heterocycles. The number of nitrogens with zero attached hydrogens (tertiary/aromatic N) is 2. The molecule has 2 rings (SSSR count). The quantitative estimate of drug-likeness (QED) is 0.472. The maximum absolute atomic E-state index is 5.84. The van der Waals surface area contributed by atoms with Crippen molar-refractivity contribution in [2.45, 2.75) is 0 Å². The Labute approximate surface area is 104 Å². The summed E-state index contributed by atoms with van der Waals surface area (Å²) in [7, 11) is 1.62. The van der Waals surface area contributed by atoms with E-state index in [4.69, 9.17) is 16.3 Å². The summed E-state index contributed by atoms with van der Waals surface area (Å²) in [6.45, 7) is 0. The second-order valence-electron chi connectivity index (χ2n) is 3.48. The third kappa shape index (κ3) is 2.41. The normalized spacial score (nSPS) is 9.89. The van der Waals surface area contributed by atoms with Crippen LogP contribution in [-0.2, 0) is 0 Å². The minimum absolute atomic E-state index is 0.357. The van der Waals surface area contributed by atoms with Crippen LogP contribution in [0.3, 0.4) is 0 Å². The molecule has 1 aromatic carbocycles. The highest BCUT2D eigenvalue weighted by molar-refractivity contribution is 5.77. The van der Waals surface area contributed by atoms with Crippen molar-refractivity contribution >= 4 is 23.0 Å². The molecule has 1 aromatic heterocycles. The van der Waals surface area contributed by atoms with Crippen LogP contribution in [0.4, 0.5) is 23.0 Å². The Morgan fingerprint density at radius 3 is 2.39 bits per heavy atom. The first-order chi connectivity index (χ1) is 8.74. The molecule has 6 N–H and O–H groups in total. The van der Waals surface area contributed by atoms with E-state index in [-0.39, 0.29) is 0 Å². The lowest BCUT2D eigenvalue weighted by atomic mass is 10.3. The largest absolute Gasteiger partial charge is 0.497 e. The maximum Gasteiger partial charge on any atom is 0.168 e. The SMILES string of the molecule is COc1ccc(Nc2ncnc(NN)c2N)cc1. The Morgan fingerprint density at radius 2 is 1.78 bits per heavy atom. The van der Waals surface area contributed by atoms with E-state index in [1.165, 1.54) is 6.33 Å². The highest BCUT2D eigenvalue weighted by Crippen LogP contribution is 2.25. The predicted molar refractivity (Wildman–Crippen MR) is 70.5 cm³/mol. The highest BCUT2D eigenvalue weighted by Gasteiger charge is 2.06. The second kappa shape index (κ2) is 5.19. The molecule has 0 saturated carbocycles. The van der Waals surface area contributed by atoms with Crippen LogP contribution in [0.2, 0.25) is 0 Å². The zero-order valence-corrected chi connectivity index (χ0v) is 9.84. The molecule has 0 amide bonds. The van der Waals surface area contributed by atoms with Gasteiger partial charge in [-0.25, -0.2) is 15.8 Å². The molecule has 0 unspecified atom stereocenters. The first-order valence-electron chi connectivity index (χ1n) is 5.22. The Morgan fingerprint density at radius 1 is 1.11 bits per heavy atom. The Balaban J connectivity index is 2.22. The standard InChI is InChI=1S/C11H14N6O/c1-18-8-4-2-7(3-5-8)16-10-9(12)11(17-13)15-6-14-10/h2-6H,12-13H2,1H3,(H2,14,15,16,17). The van der Waals surface area contributed by atoms with Crippen LogP contribution in [0.5, 0.6) is 5.75 Å². The van der Waals surface area contributed by atoms with Crippen LogP contribution in [0.25, 0.3) is 0 Å². The lowest BCUT2D eigenvalue weighted by Gasteiger charge is -2.10. The first-order valence-corrected chi connectivity index (χ1v) is 5.22. The van der Waals surface area contributed by atoms with Crippen LogP contribution in [0.1, 0.15) is 0 Å². The number of aromatic nitrogens is 2. The Bertz CT molecular complexity index is 528. The molecule has 0 atom stereocenters. The molecule has 0 spiro atoms. The summed E-state index contributed by atoms with van der Waals surface area (Å²) < 4.78 is 5.07. The van der Waals surface area contributed by atoms with Crippen molar-refractivity contribution in [3.05, 3.63) is 30.6 Å². The Hall–Kier alpha value is -2.54. The molecule has 2 aromatic rings. The lowest BCUT2D eigenvalue weighted by molar-refractivity contribution is 0.415. The van der Waals surface area contributed by atoms with E-state index in [0.29, 0.717) is 17.3 Å². The molecular weight excluding hydrogens is 232 g/mol. The van der Waals surface area contributed by atoms with Gasteiger partial charge in [0.2, 0.25) is 0 Å². The number of methoxy groups -OCH3 is 1. The summed E-state index contributed by atoms with van der Waals surface area (Å²) in [6, 6.07) is 7.38. The van der Waals surface area contributed by atoms with Crippen LogP contribution in [0, 0.1) is 0 Å². The van der Waals surface area contributed by atoms with Crippen molar-refractivity contribution in [2.24, 2.45) is 5.84 Å². The van der Waals surface area contributed by atoms with Gasteiger partial charge in [0, 0.05) is 5.69 Å². The molecule has 7 nitrogen and oxygen atoms in total. The van der Waals surface area contributed by atoms with Gasteiger partial charge in [0.15, 0.2) is 11.6 Å². The average molecular weight is 246 g/mol. The molecule has 0 aliphatic rings. The third-order valence-corrected chi connectivity index (χ3v) is 2.37. The smallest absolute Gasteiger partial charge is 0.168 e. The number of nitrogens with one attached hydrogen (secondary N) is 2. The first kappa shape index (κ1) is 11.9. The number of nitrogen functional groups attached to an aromatic ring is 2. The van der Waals surface area contributed by atoms with Crippen LogP contribution in [-0.4, -0.2) is 17.1 Å². The number of hydrogen-bond donors (Lipinski definition) is 4. The van der Waals surface area contributed by atoms with Gasteiger partial charge in [-0.2, -0.15) is 0 Å². The molecule has 0 saturated heterocycles. The number of benzene rings is 1. The van der Waals surface area contributed by atoms with E-state index < -0.39 is 0 Å². The molecule has 7 heteroatoms. The Kier molecular flexibility index (Phi) is 3.44. The van der Waals surface area contributed by atoms with Gasteiger partial charge in [-0.1, -0.05) is 0 Å². The van der Waals surface area contributed by atoms with Gasteiger partial charge in [0.25, 0.3) is 0 Å². The molecule has 18 heavy (non-hydrogen) atoms. The van der Waals surface area contributed by atoms with Gasteiger partial charge in [-0.15, -0.1) is 0 Å². The van der Waals surface area contributed by atoms with Crippen molar-refractivity contribution in [1.29, 1.82) is 0 Å². The highest BCUT2D eigenvalue weighted by atomic mass is 16.5. The number of hydrazine groups is 1. The van der Waals surface area contributed by atoms with E-state index >= 15 is 0 Å². The van der Waals surface area contributed by atoms with Gasteiger partial charge in [0.1, 0.15) is 17.8 Å². The van der Waals surface area contributed by atoms with Crippen LogP contribution in [0.15, 0.2) is 30.6 Å². The summed E-state index contributed by atoms with van der Waals surface area (Å²) in [5, 5.41) is 3.07. The minimum Gasteiger partial charge on any atom is -0.497 e. The van der Waals surface area contributed by atoms with Crippen molar-refractivity contribution in [3.8, 4) is 5.75 Å². The van der Waals surface area contributed by atoms with E-state index in [9.17, 15) is 0 Å². The van der Waals surface area contributed by atoms with Crippen molar-refractivity contribution in [3.63, 3.8) is 0 Å². The van der Waals surface area contributed by atoms with Gasteiger partial charge in [0.05, 0.1) is 7.11 Å². The molecule has 0 aliphatic carbocycles. The van der Waals surface area contributed by atoms with Crippen molar-refractivity contribution < 1.29 is 4.74 Å². The van der Waals surface area contributed by atoms with Crippen molar-refractivity contribution in [1.82, 2.24) is 9.97 Å².